The van der Waals surface area contributed by atoms with E-state index < -0.39 is 0 Å². The maximum Gasteiger partial charge on any atom is 0.225 e. The van der Waals surface area contributed by atoms with Crippen molar-refractivity contribution < 1.29 is 4.79 Å². The number of amides is 1. The summed E-state index contributed by atoms with van der Waals surface area (Å²) in [4.78, 5) is 15.8. The molecule has 1 atom stereocenters. The number of pyridine rings is 1. The summed E-state index contributed by atoms with van der Waals surface area (Å²) in [7, 11) is 0. The molecule has 2 rings (SSSR count). The van der Waals surface area contributed by atoms with Gasteiger partial charge in [0.2, 0.25) is 5.91 Å². The van der Waals surface area contributed by atoms with E-state index in [0.29, 0.717) is 12.5 Å². The lowest BCUT2D eigenvalue weighted by Gasteiger charge is -2.10. The first kappa shape index (κ1) is 11.1. The van der Waals surface area contributed by atoms with E-state index in [2.05, 4.69) is 15.6 Å². The third-order valence-electron chi connectivity index (χ3n) is 2.77. The third kappa shape index (κ3) is 3.03. The molecule has 4 heteroatoms. The highest BCUT2D eigenvalue weighted by atomic mass is 16.1. The molecule has 0 saturated carbocycles. The van der Waals surface area contributed by atoms with Gasteiger partial charge in [0.1, 0.15) is 0 Å². The monoisotopic (exact) mass is 219 g/mol. The number of hydrogen-bond acceptors (Lipinski definition) is 3. The Morgan fingerprint density at radius 2 is 2.56 bits per heavy atom. The van der Waals surface area contributed by atoms with Crippen molar-refractivity contribution in [1.29, 1.82) is 0 Å². The Bertz CT molecular complexity index is 372. The number of anilines is 1. The van der Waals surface area contributed by atoms with Crippen molar-refractivity contribution >= 4 is 11.6 Å². The second-order valence-corrected chi connectivity index (χ2v) is 4.23. The predicted octanol–water partition coefficient (Wildman–Crippen LogP) is 1.47. The lowest BCUT2D eigenvalue weighted by Crippen LogP contribution is -2.27. The Kier molecular flexibility index (Phi) is 3.51. The van der Waals surface area contributed by atoms with Gasteiger partial charge in [-0.1, -0.05) is 0 Å². The van der Waals surface area contributed by atoms with Gasteiger partial charge < -0.3 is 10.6 Å². The first-order valence-electron chi connectivity index (χ1n) is 5.70. The fraction of sp³-hybridized carbons (Fsp3) is 0.500. The second-order valence-electron chi connectivity index (χ2n) is 4.23. The minimum Gasteiger partial charge on any atom is -0.326 e. The summed E-state index contributed by atoms with van der Waals surface area (Å²) in [6.45, 7) is 2.94. The SMILES string of the molecule is Cc1cc(NC(=O)CC2CCCN2)ccn1. The van der Waals surface area contributed by atoms with E-state index >= 15 is 0 Å². The van der Waals surface area contributed by atoms with E-state index in [-0.39, 0.29) is 5.91 Å². The van der Waals surface area contributed by atoms with Crippen LogP contribution >= 0.6 is 0 Å². The predicted molar refractivity (Wildman–Crippen MR) is 63.2 cm³/mol. The van der Waals surface area contributed by atoms with Crippen molar-refractivity contribution in [3.05, 3.63) is 24.0 Å². The number of rotatable bonds is 3. The van der Waals surface area contributed by atoms with E-state index in [1.807, 2.05) is 19.1 Å². The molecule has 4 nitrogen and oxygen atoms in total. The fourth-order valence-electron chi connectivity index (χ4n) is 1.99. The maximum atomic E-state index is 11.7. The highest BCUT2D eigenvalue weighted by molar-refractivity contribution is 5.91. The van der Waals surface area contributed by atoms with Crippen molar-refractivity contribution in [3.63, 3.8) is 0 Å². The molecule has 0 radical (unpaired) electrons. The second kappa shape index (κ2) is 5.07. The summed E-state index contributed by atoms with van der Waals surface area (Å²) in [6, 6.07) is 4.04. The van der Waals surface area contributed by atoms with Gasteiger partial charge in [-0.15, -0.1) is 0 Å². The minimum atomic E-state index is 0.0741. The summed E-state index contributed by atoms with van der Waals surface area (Å²) in [6.07, 6.45) is 4.54. The van der Waals surface area contributed by atoms with Crippen LogP contribution in [0, 0.1) is 6.92 Å². The molecule has 0 aliphatic carbocycles. The normalized spacial score (nSPS) is 19.7. The summed E-state index contributed by atoms with van der Waals surface area (Å²) in [5.74, 6) is 0.0741. The van der Waals surface area contributed by atoms with E-state index in [9.17, 15) is 4.79 Å². The number of aryl methyl sites for hydroxylation is 1. The van der Waals surface area contributed by atoms with Crippen LogP contribution in [0.3, 0.4) is 0 Å². The average Bonchev–Trinajstić information content (AvgIpc) is 2.70. The smallest absolute Gasteiger partial charge is 0.225 e. The van der Waals surface area contributed by atoms with Crippen molar-refractivity contribution in [2.24, 2.45) is 0 Å². The molecule has 16 heavy (non-hydrogen) atoms. The Labute approximate surface area is 95.5 Å². The van der Waals surface area contributed by atoms with Crippen LogP contribution in [-0.4, -0.2) is 23.5 Å². The molecule has 86 valence electrons. The Morgan fingerprint density at radius 3 is 3.25 bits per heavy atom. The van der Waals surface area contributed by atoms with E-state index in [1.54, 1.807) is 6.20 Å². The number of aromatic nitrogens is 1. The third-order valence-corrected chi connectivity index (χ3v) is 2.77. The van der Waals surface area contributed by atoms with Crippen LogP contribution in [0.25, 0.3) is 0 Å². The molecule has 2 heterocycles. The molecule has 2 N–H and O–H groups in total. The molecule has 0 spiro atoms. The maximum absolute atomic E-state index is 11.7. The Balaban J connectivity index is 1.86. The molecule has 1 fully saturated rings. The van der Waals surface area contributed by atoms with Crippen LogP contribution in [0.1, 0.15) is 25.0 Å². The average molecular weight is 219 g/mol. The van der Waals surface area contributed by atoms with E-state index in [4.69, 9.17) is 0 Å². The zero-order valence-corrected chi connectivity index (χ0v) is 9.49. The van der Waals surface area contributed by atoms with Crippen LogP contribution in [0.15, 0.2) is 18.3 Å². The standard InChI is InChI=1S/C12H17N3O/c1-9-7-11(4-6-13-9)15-12(16)8-10-3-2-5-14-10/h4,6-7,10,14H,2-3,5,8H2,1H3,(H,13,15,16). The van der Waals surface area contributed by atoms with E-state index in [1.165, 1.54) is 6.42 Å². The lowest BCUT2D eigenvalue weighted by atomic mass is 10.1. The number of carbonyl (C=O) groups is 1. The van der Waals surface area contributed by atoms with Crippen molar-refractivity contribution in [1.82, 2.24) is 10.3 Å². The van der Waals surface area contributed by atoms with Gasteiger partial charge in [-0.25, -0.2) is 0 Å². The molecule has 1 aromatic heterocycles. The molecule has 1 aromatic rings. The summed E-state index contributed by atoms with van der Waals surface area (Å²) in [5.41, 5.74) is 1.74. The fourth-order valence-corrected chi connectivity index (χ4v) is 1.99. The van der Waals surface area contributed by atoms with Crippen LogP contribution in [0.4, 0.5) is 5.69 Å². The number of hydrogen-bond donors (Lipinski definition) is 2. The molecule has 0 aromatic carbocycles. The molecular weight excluding hydrogens is 202 g/mol. The first-order valence-corrected chi connectivity index (χ1v) is 5.70. The molecule has 1 amide bonds. The molecule has 0 bridgehead atoms. The van der Waals surface area contributed by atoms with Crippen LogP contribution < -0.4 is 10.6 Å². The topological polar surface area (TPSA) is 54.0 Å². The van der Waals surface area contributed by atoms with Gasteiger partial charge in [0.15, 0.2) is 0 Å². The lowest BCUT2D eigenvalue weighted by molar-refractivity contribution is -0.116. The van der Waals surface area contributed by atoms with Crippen LogP contribution in [0.5, 0.6) is 0 Å². The highest BCUT2D eigenvalue weighted by Crippen LogP contribution is 2.11. The summed E-state index contributed by atoms with van der Waals surface area (Å²) in [5, 5.41) is 6.20. The van der Waals surface area contributed by atoms with E-state index in [0.717, 1.165) is 24.3 Å². The van der Waals surface area contributed by atoms with Crippen molar-refractivity contribution in [3.8, 4) is 0 Å². The van der Waals surface area contributed by atoms with Gasteiger partial charge in [-0.2, -0.15) is 0 Å². The number of carbonyl (C=O) groups excluding carboxylic acids is 1. The van der Waals surface area contributed by atoms with Gasteiger partial charge in [-0.05, 0) is 38.4 Å². The quantitative estimate of drug-likeness (QED) is 0.809. The molecule has 1 aliphatic heterocycles. The number of nitrogens with one attached hydrogen (secondary N) is 2. The van der Waals surface area contributed by atoms with Crippen LogP contribution in [0.2, 0.25) is 0 Å². The minimum absolute atomic E-state index is 0.0741. The highest BCUT2D eigenvalue weighted by Gasteiger charge is 2.17. The Morgan fingerprint density at radius 1 is 1.69 bits per heavy atom. The summed E-state index contributed by atoms with van der Waals surface area (Å²) >= 11 is 0. The van der Waals surface area contributed by atoms with Gasteiger partial charge in [0.05, 0.1) is 0 Å². The first-order chi connectivity index (χ1) is 7.74. The zero-order valence-electron chi connectivity index (χ0n) is 9.49. The van der Waals surface area contributed by atoms with Gasteiger partial charge in [0.25, 0.3) is 0 Å². The summed E-state index contributed by atoms with van der Waals surface area (Å²) < 4.78 is 0. The Hall–Kier alpha value is -1.42. The number of nitrogens with zero attached hydrogens (tertiary/aromatic N) is 1. The van der Waals surface area contributed by atoms with Gasteiger partial charge in [-0.3, -0.25) is 9.78 Å². The molecule has 1 saturated heterocycles. The largest absolute Gasteiger partial charge is 0.326 e. The van der Waals surface area contributed by atoms with Crippen LogP contribution in [-0.2, 0) is 4.79 Å². The molecule has 1 unspecified atom stereocenters. The van der Waals surface area contributed by atoms with Gasteiger partial charge in [0, 0.05) is 30.0 Å². The van der Waals surface area contributed by atoms with Crippen molar-refractivity contribution in [2.75, 3.05) is 11.9 Å². The zero-order chi connectivity index (χ0) is 11.4. The van der Waals surface area contributed by atoms with Crippen molar-refractivity contribution in [2.45, 2.75) is 32.2 Å². The molecular formula is C12H17N3O. The molecule has 1 aliphatic rings. The van der Waals surface area contributed by atoms with Gasteiger partial charge >= 0.3 is 0 Å².